The second-order valence-corrected chi connectivity index (χ2v) is 7.84. The van der Waals surface area contributed by atoms with Crippen LogP contribution in [0.4, 0.5) is 0 Å². The molecule has 1 aromatic heterocycles. The first-order valence-electron chi connectivity index (χ1n) is 7.54. The van der Waals surface area contributed by atoms with E-state index in [4.69, 9.17) is 0 Å². The van der Waals surface area contributed by atoms with Crippen molar-refractivity contribution in [2.75, 3.05) is 12.8 Å². The van der Waals surface area contributed by atoms with E-state index in [-0.39, 0.29) is 16.8 Å². The average Bonchev–Trinajstić information content (AvgIpc) is 3.18. The monoisotopic (exact) mass is 333 g/mol. The molecule has 6 nitrogen and oxygen atoms in total. The number of nitrogens with zero attached hydrogens (tertiary/aromatic N) is 3. The van der Waals surface area contributed by atoms with Crippen molar-refractivity contribution in [1.29, 1.82) is 0 Å². The molecule has 0 N–H and O–H groups in total. The molecule has 0 aliphatic carbocycles. The third kappa shape index (κ3) is 3.44. The minimum atomic E-state index is -3.32. The van der Waals surface area contributed by atoms with Crippen LogP contribution in [-0.2, 0) is 16.4 Å². The molecule has 1 atom stereocenters. The lowest BCUT2D eigenvalue weighted by Crippen LogP contribution is -2.38. The molecular weight excluding hydrogens is 314 g/mol. The van der Waals surface area contributed by atoms with Crippen LogP contribution in [0.5, 0.6) is 0 Å². The van der Waals surface area contributed by atoms with Gasteiger partial charge >= 0.3 is 0 Å². The van der Waals surface area contributed by atoms with Crippen LogP contribution in [0.1, 0.15) is 23.2 Å². The fourth-order valence-corrected chi connectivity index (χ4v) is 3.61. The van der Waals surface area contributed by atoms with Gasteiger partial charge in [0.15, 0.2) is 9.84 Å². The normalized spacial score (nSPS) is 18.3. The van der Waals surface area contributed by atoms with Crippen molar-refractivity contribution in [3.05, 3.63) is 48.3 Å². The van der Waals surface area contributed by atoms with E-state index < -0.39 is 9.84 Å². The van der Waals surface area contributed by atoms with Crippen molar-refractivity contribution >= 4 is 15.7 Å². The van der Waals surface area contributed by atoms with Crippen LogP contribution in [-0.4, -0.2) is 47.8 Å². The number of aromatic nitrogens is 2. The van der Waals surface area contributed by atoms with Gasteiger partial charge in [0.1, 0.15) is 0 Å². The highest BCUT2D eigenvalue weighted by molar-refractivity contribution is 7.90. The molecule has 1 unspecified atom stereocenters. The van der Waals surface area contributed by atoms with Crippen molar-refractivity contribution in [2.24, 2.45) is 0 Å². The maximum Gasteiger partial charge on any atom is 0.254 e. The van der Waals surface area contributed by atoms with Crippen molar-refractivity contribution in [3.63, 3.8) is 0 Å². The first-order valence-corrected chi connectivity index (χ1v) is 9.43. The number of rotatable bonds is 4. The second kappa shape index (κ2) is 6.16. The van der Waals surface area contributed by atoms with Gasteiger partial charge in [0.2, 0.25) is 0 Å². The summed E-state index contributed by atoms with van der Waals surface area (Å²) in [6.45, 7) is 1.35. The summed E-state index contributed by atoms with van der Waals surface area (Å²) in [6.07, 6.45) is 6.62. The zero-order chi connectivity index (χ0) is 16.4. The summed E-state index contributed by atoms with van der Waals surface area (Å²) in [7, 11) is -3.32. The van der Waals surface area contributed by atoms with E-state index in [0.717, 1.165) is 19.1 Å². The van der Waals surface area contributed by atoms with Crippen molar-refractivity contribution in [1.82, 2.24) is 14.7 Å². The Morgan fingerprint density at radius 3 is 2.87 bits per heavy atom. The van der Waals surface area contributed by atoms with Gasteiger partial charge in [-0.05, 0) is 37.1 Å². The summed E-state index contributed by atoms with van der Waals surface area (Å²) in [5.74, 6) is -0.120. The van der Waals surface area contributed by atoms with Gasteiger partial charge in [-0.1, -0.05) is 6.07 Å². The minimum Gasteiger partial charge on any atom is -0.334 e. The maximum absolute atomic E-state index is 12.8. The highest BCUT2D eigenvalue weighted by atomic mass is 32.2. The predicted molar refractivity (Wildman–Crippen MR) is 85.8 cm³/mol. The van der Waals surface area contributed by atoms with Crippen LogP contribution in [0.25, 0.3) is 0 Å². The number of sulfone groups is 1. The Morgan fingerprint density at radius 1 is 1.35 bits per heavy atom. The highest BCUT2D eigenvalue weighted by Crippen LogP contribution is 2.22. The van der Waals surface area contributed by atoms with Crippen LogP contribution in [0, 0.1) is 0 Å². The molecule has 0 bridgehead atoms. The Labute approximate surface area is 135 Å². The third-order valence-electron chi connectivity index (χ3n) is 4.10. The fourth-order valence-electron chi connectivity index (χ4n) is 2.94. The smallest absolute Gasteiger partial charge is 0.254 e. The first-order chi connectivity index (χ1) is 10.9. The Kier molecular flexibility index (Phi) is 4.21. The molecule has 2 heterocycles. The van der Waals surface area contributed by atoms with E-state index >= 15 is 0 Å². The summed E-state index contributed by atoms with van der Waals surface area (Å²) in [5, 5.41) is 4.19. The van der Waals surface area contributed by atoms with E-state index in [0.29, 0.717) is 18.7 Å². The minimum absolute atomic E-state index is 0.0873. The summed E-state index contributed by atoms with van der Waals surface area (Å²) < 4.78 is 25.2. The Bertz CT molecular complexity index is 800. The predicted octanol–water partition coefficient (Wildman–Crippen LogP) is 1.59. The lowest BCUT2D eigenvalue weighted by Gasteiger charge is -2.25. The van der Waals surface area contributed by atoms with Gasteiger partial charge < -0.3 is 4.90 Å². The van der Waals surface area contributed by atoms with E-state index in [1.54, 1.807) is 18.3 Å². The summed E-state index contributed by atoms with van der Waals surface area (Å²) >= 11 is 0. The SMILES string of the molecule is CS(=O)(=O)c1cccc(C(=O)N2CCCC2Cn2cccn2)c1. The molecule has 7 heteroatoms. The summed E-state index contributed by atoms with van der Waals surface area (Å²) in [5.41, 5.74) is 0.417. The van der Waals surface area contributed by atoms with E-state index in [2.05, 4.69) is 5.10 Å². The summed E-state index contributed by atoms with van der Waals surface area (Å²) in [4.78, 5) is 14.8. The van der Waals surface area contributed by atoms with Crippen LogP contribution in [0.2, 0.25) is 0 Å². The van der Waals surface area contributed by atoms with Gasteiger partial charge in [0.05, 0.1) is 17.5 Å². The molecule has 1 aliphatic heterocycles. The van der Waals surface area contributed by atoms with Crippen molar-refractivity contribution < 1.29 is 13.2 Å². The first kappa shape index (κ1) is 15.7. The standard InChI is InChI=1S/C16H19N3O3S/c1-23(21,22)15-7-2-5-13(11-15)16(20)19-10-3-6-14(19)12-18-9-4-8-17-18/h2,4-5,7-9,11,14H,3,6,10,12H2,1H3. The Balaban J connectivity index is 1.82. The number of carbonyl (C=O) groups is 1. The number of hydrogen-bond acceptors (Lipinski definition) is 4. The molecule has 0 spiro atoms. The van der Waals surface area contributed by atoms with E-state index in [9.17, 15) is 13.2 Å². The molecule has 0 saturated carbocycles. The summed E-state index contributed by atoms with van der Waals surface area (Å²) in [6, 6.07) is 8.20. The van der Waals surface area contributed by atoms with Gasteiger partial charge in [0.25, 0.3) is 5.91 Å². The molecule has 1 aliphatic rings. The zero-order valence-corrected chi connectivity index (χ0v) is 13.7. The van der Waals surface area contributed by atoms with Gasteiger partial charge in [-0.2, -0.15) is 5.10 Å². The van der Waals surface area contributed by atoms with Crippen molar-refractivity contribution in [2.45, 2.75) is 30.3 Å². The van der Waals surface area contributed by atoms with Crippen LogP contribution < -0.4 is 0 Å². The van der Waals surface area contributed by atoms with Crippen LogP contribution in [0.15, 0.2) is 47.6 Å². The quantitative estimate of drug-likeness (QED) is 0.852. The molecule has 1 aromatic carbocycles. The number of amides is 1. The second-order valence-electron chi connectivity index (χ2n) is 5.82. The molecule has 122 valence electrons. The van der Waals surface area contributed by atoms with Crippen LogP contribution in [0.3, 0.4) is 0 Å². The number of benzene rings is 1. The largest absolute Gasteiger partial charge is 0.334 e. The van der Waals surface area contributed by atoms with Gasteiger partial charge in [-0.15, -0.1) is 0 Å². The zero-order valence-electron chi connectivity index (χ0n) is 12.9. The Morgan fingerprint density at radius 2 is 2.17 bits per heavy atom. The molecule has 1 amide bonds. The fraction of sp³-hybridized carbons (Fsp3) is 0.375. The number of likely N-dealkylation sites (tertiary alicyclic amines) is 1. The van der Waals surface area contributed by atoms with Crippen molar-refractivity contribution in [3.8, 4) is 0 Å². The molecule has 1 saturated heterocycles. The molecule has 23 heavy (non-hydrogen) atoms. The van der Waals surface area contributed by atoms with Crippen LogP contribution >= 0.6 is 0 Å². The number of hydrogen-bond donors (Lipinski definition) is 0. The molecule has 0 radical (unpaired) electrons. The van der Waals surface area contributed by atoms with Gasteiger partial charge in [-0.25, -0.2) is 8.42 Å². The average molecular weight is 333 g/mol. The van der Waals surface area contributed by atoms with Gasteiger partial charge in [-0.3, -0.25) is 9.48 Å². The third-order valence-corrected chi connectivity index (χ3v) is 5.21. The molecule has 1 fully saturated rings. The molecular formula is C16H19N3O3S. The van der Waals surface area contributed by atoms with E-state index in [1.807, 2.05) is 21.8 Å². The highest BCUT2D eigenvalue weighted by Gasteiger charge is 2.30. The lowest BCUT2D eigenvalue weighted by molar-refractivity contribution is 0.0721. The topological polar surface area (TPSA) is 72.3 Å². The molecule has 3 rings (SSSR count). The number of carbonyl (C=O) groups excluding carboxylic acids is 1. The van der Waals surface area contributed by atoms with Gasteiger partial charge in [0, 0.05) is 30.8 Å². The Hall–Kier alpha value is -2.15. The lowest BCUT2D eigenvalue weighted by atomic mass is 10.1. The maximum atomic E-state index is 12.8. The molecule has 2 aromatic rings. The van der Waals surface area contributed by atoms with E-state index in [1.165, 1.54) is 12.1 Å².